The molecule has 0 aliphatic carbocycles. The van der Waals surface area contributed by atoms with E-state index in [1.165, 1.54) is 17.0 Å². The van der Waals surface area contributed by atoms with Gasteiger partial charge in [-0.3, -0.25) is 19.1 Å². The lowest BCUT2D eigenvalue weighted by molar-refractivity contribution is -0.0459. The Kier molecular flexibility index (Phi) is 6.36. The maximum Gasteiger partial charge on any atom is 0.330 e. The van der Waals surface area contributed by atoms with E-state index in [0.29, 0.717) is 5.56 Å². The molecule has 0 saturated carbocycles. The molecule has 7 rings (SSSR count). The van der Waals surface area contributed by atoms with Crippen LogP contribution in [-0.4, -0.2) is 44.4 Å². The highest BCUT2D eigenvalue weighted by atomic mass is 16.5. The minimum Gasteiger partial charge on any atom is -0.394 e. The average molecular weight is 559 g/mol. The number of ketones is 1. The molecule has 6 aromatic rings. The van der Waals surface area contributed by atoms with Gasteiger partial charge in [0.25, 0.3) is 5.56 Å². The molecule has 208 valence electrons. The van der Waals surface area contributed by atoms with Crippen LogP contribution < -0.4 is 11.2 Å². The van der Waals surface area contributed by atoms with Crippen molar-refractivity contribution in [1.82, 2.24) is 9.55 Å². The van der Waals surface area contributed by atoms with Gasteiger partial charge >= 0.3 is 5.69 Å². The van der Waals surface area contributed by atoms with Gasteiger partial charge in [0.15, 0.2) is 5.78 Å². The van der Waals surface area contributed by atoms with Gasteiger partial charge in [-0.25, -0.2) is 4.79 Å². The molecule has 1 aromatic heterocycles. The average Bonchev–Trinajstić information content (AvgIpc) is 3.38. The Hall–Kier alpha value is -4.81. The highest BCUT2D eigenvalue weighted by Crippen LogP contribution is 2.41. The third-order valence-electron chi connectivity index (χ3n) is 8.19. The molecule has 1 aliphatic heterocycles. The van der Waals surface area contributed by atoms with Crippen LogP contribution in [-0.2, 0) is 4.74 Å². The number of nitrogens with zero attached hydrogens (tertiary/aromatic N) is 1. The summed E-state index contributed by atoms with van der Waals surface area (Å²) in [7, 11) is 0. The topological polar surface area (TPSA) is 122 Å². The zero-order valence-electron chi connectivity index (χ0n) is 22.5. The highest BCUT2D eigenvalue weighted by molar-refractivity contribution is 6.34. The summed E-state index contributed by atoms with van der Waals surface area (Å²) in [6, 6.07) is 22.6. The Morgan fingerprint density at radius 2 is 1.60 bits per heavy atom. The summed E-state index contributed by atoms with van der Waals surface area (Å²) in [4.78, 5) is 40.4. The SMILES string of the molecule is O=C(CCC#Cc1cn([C@H]2C[C@H](O)[C@@H](CO)O2)c(=O)[nH]c1=O)c1ccc2c3cccc4cccc(c5cccc1c52)c43. The monoisotopic (exact) mass is 558 g/mol. The fourth-order valence-electron chi connectivity index (χ4n) is 6.20. The number of ether oxygens (including phenoxy) is 1. The van der Waals surface area contributed by atoms with Crippen molar-refractivity contribution in [3.63, 3.8) is 0 Å². The quantitative estimate of drug-likeness (QED) is 0.126. The van der Waals surface area contributed by atoms with Gasteiger partial charge in [0.05, 0.1) is 12.7 Å². The molecule has 8 nitrogen and oxygen atoms in total. The number of hydrogen-bond acceptors (Lipinski definition) is 6. The molecule has 0 amide bonds. The minimum atomic E-state index is -0.932. The van der Waals surface area contributed by atoms with Crippen molar-refractivity contribution in [3.05, 3.63) is 105 Å². The first-order valence-electron chi connectivity index (χ1n) is 13.8. The van der Waals surface area contributed by atoms with E-state index in [2.05, 4.69) is 59.3 Å². The van der Waals surface area contributed by atoms with Gasteiger partial charge in [-0.2, -0.15) is 0 Å². The molecule has 3 N–H and O–H groups in total. The summed E-state index contributed by atoms with van der Waals surface area (Å²) in [5.74, 6) is 5.61. The van der Waals surface area contributed by atoms with Gasteiger partial charge in [0.2, 0.25) is 0 Å². The zero-order chi connectivity index (χ0) is 29.0. The number of fused-ring (bicyclic) bond motifs is 2. The highest BCUT2D eigenvalue weighted by Gasteiger charge is 2.35. The van der Waals surface area contributed by atoms with Gasteiger partial charge in [0.1, 0.15) is 17.9 Å². The minimum absolute atomic E-state index is 0.0435. The molecule has 1 fully saturated rings. The summed E-state index contributed by atoms with van der Waals surface area (Å²) < 4.78 is 6.69. The lowest BCUT2D eigenvalue weighted by Crippen LogP contribution is -2.33. The summed E-state index contributed by atoms with van der Waals surface area (Å²) in [5.41, 5.74) is -0.669. The number of benzene rings is 5. The summed E-state index contributed by atoms with van der Waals surface area (Å²) >= 11 is 0. The maximum absolute atomic E-state index is 13.4. The predicted molar refractivity (Wildman–Crippen MR) is 161 cm³/mol. The third kappa shape index (κ3) is 4.18. The lowest BCUT2D eigenvalue weighted by Gasteiger charge is -2.15. The third-order valence-corrected chi connectivity index (χ3v) is 8.19. The predicted octanol–water partition coefficient (Wildman–Crippen LogP) is 4.24. The van der Waals surface area contributed by atoms with Crippen LogP contribution in [0.3, 0.4) is 0 Å². The number of carbonyl (C=O) groups excluding carboxylic acids is 1. The number of aromatic amines is 1. The molecular weight excluding hydrogens is 532 g/mol. The second-order valence-electron chi connectivity index (χ2n) is 10.6. The van der Waals surface area contributed by atoms with Crippen molar-refractivity contribution in [2.75, 3.05) is 6.61 Å². The second-order valence-corrected chi connectivity index (χ2v) is 10.6. The summed E-state index contributed by atoms with van der Waals surface area (Å²) in [6.07, 6.45) is -0.827. The number of nitrogens with one attached hydrogen (secondary N) is 1. The zero-order valence-corrected chi connectivity index (χ0v) is 22.5. The molecule has 0 unspecified atom stereocenters. The molecule has 0 spiro atoms. The number of aliphatic hydroxyl groups is 2. The van der Waals surface area contributed by atoms with E-state index in [4.69, 9.17) is 4.74 Å². The fourth-order valence-corrected chi connectivity index (χ4v) is 6.20. The Labute approximate surface area is 239 Å². The molecule has 5 aromatic carbocycles. The van der Waals surface area contributed by atoms with Crippen LogP contribution in [0.25, 0.3) is 43.1 Å². The molecule has 0 radical (unpaired) electrons. The van der Waals surface area contributed by atoms with E-state index in [1.54, 1.807) is 0 Å². The molecule has 0 bridgehead atoms. The molecule has 1 aliphatic rings. The van der Waals surface area contributed by atoms with Gasteiger partial charge < -0.3 is 14.9 Å². The first kappa shape index (κ1) is 26.1. The van der Waals surface area contributed by atoms with Crippen LogP contribution in [0.4, 0.5) is 0 Å². The number of aliphatic hydroxyl groups excluding tert-OH is 2. The summed E-state index contributed by atoms with van der Waals surface area (Å²) in [5, 5.41) is 28.3. The summed E-state index contributed by atoms with van der Waals surface area (Å²) in [6.45, 7) is -0.390. The molecule has 1 saturated heterocycles. The Morgan fingerprint density at radius 3 is 2.31 bits per heavy atom. The first-order chi connectivity index (χ1) is 20.4. The van der Waals surface area contributed by atoms with Crippen molar-refractivity contribution >= 4 is 48.9 Å². The number of H-pyrrole nitrogens is 1. The molecule has 8 heteroatoms. The number of hydrogen-bond donors (Lipinski definition) is 3. The Morgan fingerprint density at radius 1 is 0.929 bits per heavy atom. The smallest absolute Gasteiger partial charge is 0.330 e. The fraction of sp³-hybridized carbons (Fsp3) is 0.206. The van der Waals surface area contributed by atoms with E-state index in [0.717, 1.165) is 36.9 Å². The lowest BCUT2D eigenvalue weighted by atomic mass is 9.87. The van der Waals surface area contributed by atoms with Crippen molar-refractivity contribution in [3.8, 4) is 11.8 Å². The van der Waals surface area contributed by atoms with Gasteiger partial charge in [-0.05, 0) is 43.1 Å². The largest absolute Gasteiger partial charge is 0.394 e. The van der Waals surface area contributed by atoms with Crippen molar-refractivity contribution in [2.24, 2.45) is 0 Å². The van der Waals surface area contributed by atoms with Crippen LogP contribution in [0.1, 0.15) is 41.4 Å². The van der Waals surface area contributed by atoms with E-state index >= 15 is 0 Å². The molecule has 3 atom stereocenters. The molecule has 2 heterocycles. The van der Waals surface area contributed by atoms with Gasteiger partial charge in [-0.15, -0.1) is 0 Å². The van der Waals surface area contributed by atoms with E-state index in [-0.39, 0.29) is 37.2 Å². The van der Waals surface area contributed by atoms with Crippen LogP contribution in [0, 0.1) is 11.8 Å². The van der Waals surface area contributed by atoms with Crippen molar-refractivity contribution < 1.29 is 19.7 Å². The van der Waals surface area contributed by atoms with E-state index in [9.17, 15) is 24.6 Å². The van der Waals surface area contributed by atoms with Crippen molar-refractivity contribution in [1.29, 1.82) is 0 Å². The van der Waals surface area contributed by atoms with Crippen LogP contribution in [0.15, 0.2) is 82.5 Å². The van der Waals surface area contributed by atoms with E-state index < -0.39 is 29.7 Å². The Bertz CT molecular complexity index is 2150. The molecular formula is C34H26N2O6. The van der Waals surface area contributed by atoms with Crippen molar-refractivity contribution in [2.45, 2.75) is 37.7 Å². The second kappa shape index (κ2) is 10.2. The molecule has 42 heavy (non-hydrogen) atoms. The van der Waals surface area contributed by atoms with Crippen LogP contribution in [0.5, 0.6) is 0 Å². The Balaban J connectivity index is 1.18. The maximum atomic E-state index is 13.4. The normalized spacial score (nSPS) is 18.7. The van der Waals surface area contributed by atoms with Gasteiger partial charge in [-0.1, -0.05) is 78.6 Å². The van der Waals surface area contributed by atoms with Gasteiger partial charge in [0, 0.05) is 31.0 Å². The standard InChI is InChI=1S/C34H26N2O6/c37-18-29-28(39)16-30(42-29)36-17-20(33(40)35-34(36)41)6-1-2-13-27(38)21-14-15-26-24-10-4-8-19-7-3-9-23(31(19)24)25-12-5-11-22(21)32(25)26/h3-5,7-12,14-15,17,28-30,37,39H,2,13,16,18H2,(H,35,40,41)/t28-,29+,30+/m0/s1. The first-order valence-corrected chi connectivity index (χ1v) is 13.8. The number of Topliss-reactive ketones (excluding diaryl/α,β-unsaturated/α-hetero) is 1. The van der Waals surface area contributed by atoms with Crippen LogP contribution in [0.2, 0.25) is 0 Å². The number of carbonyl (C=O) groups is 1. The van der Waals surface area contributed by atoms with E-state index in [1.807, 2.05) is 24.3 Å². The number of rotatable bonds is 5. The number of aromatic nitrogens is 2. The van der Waals surface area contributed by atoms with Crippen LogP contribution >= 0.6 is 0 Å².